The second-order valence-corrected chi connectivity index (χ2v) is 7.63. The highest BCUT2D eigenvalue weighted by atomic mass is 16.5. The first-order valence-electron chi connectivity index (χ1n) is 10.2. The Morgan fingerprint density at radius 1 is 0.967 bits per heavy atom. The van der Waals surface area contributed by atoms with Gasteiger partial charge >= 0.3 is 5.97 Å². The Kier molecular flexibility index (Phi) is 4.68. The summed E-state index contributed by atoms with van der Waals surface area (Å²) in [6.07, 6.45) is 4.17. The van der Waals surface area contributed by atoms with Gasteiger partial charge in [-0.05, 0) is 53.0 Å². The highest BCUT2D eigenvalue weighted by molar-refractivity contribution is 6.04. The van der Waals surface area contributed by atoms with Gasteiger partial charge in [0.1, 0.15) is 11.4 Å². The maximum absolute atomic E-state index is 12.4. The monoisotopic (exact) mass is 394 g/mol. The van der Waals surface area contributed by atoms with E-state index in [2.05, 4.69) is 46.7 Å². The SMILES string of the molecule is COC(=O)c1cc(C2CC2)cnc1Nc1cccc2c(-c3ccccc3)cccc12. The minimum atomic E-state index is -0.377. The molecule has 0 amide bonds. The van der Waals surface area contributed by atoms with E-state index in [1.54, 1.807) is 0 Å². The number of nitrogens with zero attached hydrogens (tertiary/aromatic N) is 1. The highest BCUT2D eigenvalue weighted by Crippen LogP contribution is 2.41. The fourth-order valence-corrected chi connectivity index (χ4v) is 3.90. The van der Waals surface area contributed by atoms with Crippen LogP contribution in [0.15, 0.2) is 79.0 Å². The van der Waals surface area contributed by atoms with Gasteiger partial charge in [-0.1, -0.05) is 60.7 Å². The predicted molar refractivity (Wildman–Crippen MR) is 120 cm³/mol. The first-order chi connectivity index (χ1) is 14.7. The van der Waals surface area contributed by atoms with E-state index in [-0.39, 0.29) is 5.97 Å². The van der Waals surface area contributed by atoms with Crippen LogP contribution in [0.25, 0.3) is 21.9 Å². The zero-order valence-electron chi connectivity index (χ0n) is 16.8. The van der Waals surface area contributed by atoms with E-state index in [9.17, 15) is 4.79 Å². The summed E-state index contributed by atoms with van der Waals surface area (Å²) in [6, 6.07) is 24.7. The van der Waals surface area contributed by atoms with Crippen molar-refractivity contribution < 1.29 is 9.53 Å². The molecule has 5 rings (SSSR count). The van der Waals surface area contributed by atoms with Crippen LogP contribution in [0.1, 0.15) is 34.7 Å². The van der Waals surface area contributed by atoms with Gasteiger partial charge in [-0.2, -0.15) is 0 Å². The minimum absolute atomic E-state index is 0.377. The first-order valence-corrected chi connectivity index (χ1v) is 10.2. The van der Waals surface area contributed by atoms with Crippen molar-refractivity contribution in [1.29, 1.82) is 0 Å². The number of aromatic nitrogens is 1. The minimum Gasteiger partial charge on any atom is -0.465 e. The van der Waals surface area contributed by atoms with Gasteiger partial charge in [0.15, 0.2) is 0 Å². The third kappa shape index (κ3) is 3.41. The van der Waals surface area contributed by atoms with Crippen LogP contribution in [0.4, 0.5) is 11.5 Å². The van der Waals surface area contributed by atoms with Crippen LogP contribution < -0.4 is 5.32 Å². The number of methoxy groups -OCH3 is 1. The van der Waals surface area contributed by atoms with Crippen LogP contribution in [0.2, 0.25) is 0 Å². The number of fused-ring (bicyclic) bond motifs is 1. The van der Waals surface area contributed by atoms with Gasteiger partial charge < -0.3 is 10.1 Å². The lowest BCUT2D eigenvalue weighted by atomic mass is 9.97. The third-order valence-corrected chi connectivity index (χ3v) is 5.62. The lowest BCUT2D eigenvalue weighted by molar-refractivity contribution is 0.0601. The Balaban J connectivity index is 1.59. The molecule has 0 radical (unpaired) electrons. The van der Waals surface area contributed by atoms with Crippen LogP contribution in [0, 0.1) is 0 Å². The second kappa shape index (κ2) is 7.64. The Morgan fingerprint density at radius 2 is 1.73 bits per heavy atom. The van der Waals surface area contributed by atoms with Crippen molar-refractivity contribution in [2.24, 2.45) is 0 Å². The van der Waals surface area contributed by atoms with Crippen LogP contribution in [-0.4, -0.2) is 18.1 Å². The van der Waals surface area contributed by atoms with E-state index in [1.807, 2.05) is 42.6 Å². The van der Waals surface area contributed by atoms with E-state index in [0.29, 0.717) is 17.3 Å². The lowest BCUT2D eigenvalue weighted by Crippen LogP contribution is -2.08. The van der Waals surface area contributed by atoms with Crippen molar-refractivity contribution in [1.82, 2.24) is 4.98 Å². The fourth-order valence-electron chi connectivity index (χ4n) is 3.90. The summed E-state index contributed by atoms with van der Waals surface area (Å²) < 4.78 is 5.02. The molecule has 1 aromatic heterocycles. The van der Waals surface area contributed by atoms with Crippen molar-refractivity contribution in [3.63, 3.8) is 0 Å². The molecular weight excluding hydrogens is 372 g/mol. The van der Waals surface area contributed by atoms with Gasteiger partial charge in [0.25, 0.3) is 0 Å². The molecule has 1 heterocycles. The number of rotatable bonds is 5. The highest BCUT2D eigenvalue weighted by Gasteiger charge is 2.26. The maximum Gasteiger partial charge on any atom is 0.341 e. The van der Waals surface area contributed by atoms with Crippen molar-refractivity contribution in [2.75, 3.05) is 12.4 Å². The summed E-state index contributed by atoms with van der Waals surface area (Å²) in [5.41, 5.74) is 4.81. The molecule has 148 valence electrons. The fraction of sp³-hybridized carbons (Fsp3) is 0.154. The van der Waals surface area contributed by atoms with E-state index < -0.39 is 0 Å². The summed E-state index contributed by atoms with van der Waals surface area (Å²) >= 11 is 0. The van der Waals surface area contributed by atoms with Gasteiger partial charge in [-0.15, -0.1) is 0 Å². The van der Waals surface area contributed by atoms with Crippen LogP contribution in [0.5, 0.6) is 0 Å². The van der Waals surface area contributed by atoms with Crippen molar-refractivity contribution in [3.05, 3.63) is 90.1 Å². The number of esters is 1. The Morgan fingerprint density at radius 3 is 2.50 bits per heavy atom. The van der Waals surface area contributed by atoms with Gasteiger partial charge in [0, 0.05) is 17.3 Å². The van der Waals surface area contributed by atoms with E-state index in [0.717, 1.165) is 34.9 Å². The van der Waals surface area contributed by atoms with E-state index in [1.165, 1.54) is 18.2 Å². The normalized spacial score (nSPS) is 13.2. The van der Waals surface area contributed by atoms with Gasteiger partial charge in [0.05, 0.1) is 7.11 Å². The van der Waals surface area contributed by atoms with E-state index >= 15 is 0 Å². The number of pyridine rings is 1. The standard InChI is InChI=1S/C26H22N2O2/c1-30-26(29)23-15-19(17-13-14-17)16-27-25(23)28-24-12-6-10-21-20(9-5-11-22(21)24)18-7-3-2-4-8-18/h2-12,15-17H,13-14H2,1H3,(H,27,28). The summed E-state index contributed by atoms with van der Waals surface area (Å²) in [5, 5.41) is 5.60. The molecule has 4 nitrogen and oxygen atoms in total. The Labute approximate surface area is 175 Å². The Hall–Kier alpha value is -3.66. The molecule has 0 spiro atoms. The summed E-state index contributed by atoms with van der Waals surface area (Å²) in [5.74, 6) is 0.655. The molecule has 0 aliphatic heterocycles. The Bertz CT molecular complexity index is 1230. The van der Waals surface area contributed by atoms with Crippen molar-refractivity contribution in [3.8, 4) is 11.1 Å². The molecule has 0 atom stereocenters. The number of carbonyl (C=O) groups excluding carboxylic acids is 1. The first kappa shape index (κ1) is 18.4. The number of hydrogen-bond acceptors (Lipinski definition) is 4. The van der Waals surface area contributed by atoms with Crippen molar-refractivity contribution in [2.45, 2.75) is 18.8 Å². The van der Waals surface area contributed by atoms with E-state index in [4.69, 9.17) is 4.74 Å². The maximum atomic E-state index is 12.4. The number of nitrogens with one attached hydrogen (secondary N) is 1. The summed E-state index contributed by atoms with van der Waals surface area (Å²) in [4.78, 5) is 17.0. The molecule has 30 heavy (non-hydrogen) atoms. The molecule has 0 saturated heterocycles. The number of ether oxygens (including phenoxy) is 1. The van der Waals surface area contributed by atoms with Crippen molar-refractivity contribution >= 4 is 28.2 Å². The smallest absolute Gasteiger partial charge is 0.341 e. The molecule has 1 saturated carbocycles. The molecule has 1 aliphatic carbocycles. The summed E-state index contributed by atoms with van der Waals surface area (Å²) in [7, 11) is 1.40. The largest absolute Gasteiger partial charge is 0.465 e. The third-order valence-electron chi connectivity index (χ3n) is 5.62. The quantitative estimate of drug-likeness (QED) is 0.403. The zero-order valence-corrected chi connectivity index (χ0v) is 16.8. The molecule has 1 fully saturated rings. The van der Waals surface area contributed by atoms with Crippen LogP contribution in [0.3, 0.4) is 0 Å². The van der Waals surface area contributed by atoms with Gasteiger partial charge in [-0.3, -0.25) is 0 Å². The average molecular weight is 394 g/mol. The molecule has 1 N–H and O–H groups in total. The van der Waals surface area contributed by atoms with Gasteiger partial charge in [-0.25, -0.2) is 9.78 Å². The summed E-state index contributed by atoms with van der Waals surface area (Å²) in [6.45, 7) is 0. The average Bonchev–Trinajstić information content (AvgIpc) is 3.65. The molecule has 1 aliphatic rings. The number of hydrogen-bond donors (Lipinski definition) is 1. The second-order valence-electron chi connectivity index (χ2n) is 7.63. The van der Waals surface area contributed by atoms with Crippen LogP contribution >= 0.6 is 0 Å². The molecule has 0 unspecified atom stereocenters. The van der Waals surface area contributed by atoms with Crippen LogP contribution in [-0.2, 0) is 4.74 Å². The zero-order chi connectivity index (χ0) is 20.5. The van der Waals surface area contributed by atoms with Gasteiger partial charge in [0.2, 0.25) is 0 Å². The lowest BCUT2D eigenvalue weighted by Gasteiger charge is -2.15. The topological polar surface area (TPSA) is 51.2 Å². The molecular formula is C26H22N2O2. The molecule has 0 bridgehead atoms. The molecule has 4 aromatic rings. The molecule has 3 aromatic carbocycles. The number of benzene rings is 3. The number of anilines is 2. The molecule has 4 heteroatoms. The predicted octanol–water partition coefficient (Wildman–Crippen LogP) is 6.31. The number of carbonyl (C=O) groups is 1.